The van der Waals surface area contributed by atoms with E-state index >= 15 is 0 Å². The number of phenols is 1. The van der Waals surface area contributed by atoms with E-state index < -0.39 is 0 Å². The van der Waals surface area contributed by atoms with Gasteiger partial charge in [0.15, 0.2) is 0 Å². The van der Waals surface area contributed by atoms with Gasteiger partial charge in [-0.15, -0.1) is 0 Å². The number of hydrogen-bond donors (Lipinski definition) is 2. The molecule has 1 aromatic rings. The molecule has 1 aromatic carbocycles. The quantitative estimate of drug-likeness (QED) is 0.856. The van der Waals surface area contributed by atoms with Crippen molar-refractivity contribution >= 4 is 0 Å². The molecule has 0 aromatic heterocycles. The van der Waals surface area contributed by atoms with Crippen LogP contribution in [0.1, 0.15) is 38.2 Å². The second kappa shape index (κ2) is 5.14. The van der Waals surface area contributed by atoms with Crippen molar-refractivity contribution in [3.05, 3.63) is 29.8 Å². The third-order valence-electron chi connectivity index (χ3n) is 4.97. The van der Waals surface area contributed by atoms with Crippen LogP contribution >= 0.6 is 0 Å². The molecule has 2 unspecified atom stereocenters. The molecular weight excluding hydrogens is 238 g/mol. The van der Waals surface area contributed by atoms with Crippen molar-refractivity contribution in [3.8, 4) is 5.75 Å². The molecule has 0 amide bonds. The van der Waals surface area contributed by atoms with E-state index in [1.807, 2.05) is 18.2 Å². The fourth-order valence-corrected chi connectivity index (χ4v) is 3.62. The smallest absolute Gasteiger partial charge is 0.120 e. The van der Waals surface area contributed by atoms with Gasteiger partial charge in [0.2, 0.25) is 0 Å². The minimum absolute atomic E-state index is 0.387. The SMILES string of the molecule is CCOC1CC(NCc2ccccc2O)C12CCC2. The van der Waals surface area contributed by atoms with E-state index in [-0.39, 0.29) is 0 Å². The zero-order chi connectivity index (χ0) is 13.3. The molecule has 2 aliphatic rings. The van der Waals surface area contributed by atoms with E-state index in [0.29, 0.717) is 23.3 Å². The van der Waals surface area contributed by atoms with E-state index in [1.54, 1.807) is 6.07 Å². The predicted molar refractivity (Wildman–Crippen MR) is 75.0 cm³/mol. The van der Waals surface area contributed by atoms with Gasteiger partial charge >= 0.3 is 0 Å². The first kappa shape index (κ1) is 12.9. The fourth-order valence-electron chi connectivity index (χ4n) is 3.62. The number of phenolic OH excluding ortho intramolecular Hbond substituents is 1. The van der Waals surface area contributed by atoms with Gasteiger partial charge in [0, 0.05) is 30.2 Å². The van der Waals surface area contributed by atoms with Gasteiger partial charge in [0.05, 0.1) is 6.10 Å². The Bertz CT molecular complexity index is 442. The molecule has 3 rings (SSSR count). The minimum Gasteiger partial charge on any atom is -0.508 e. The number of hydrogen-bond acceptors (Lipinski definition) is 3. The zero-order valence-corrected chi connectivity index (χ0v) is 11.6. The van der Waals surface area contributed by atoms with Gasteiger partial charge in [-0.05, 0) is 32.3 Å². The van der Waals surface area contributed by atoms with Crippen LogP contribution in [0.25, 0.3) is 0 Å². The van der Waals surface area contributed by atoms with Gasteiger partial charge in [0.25, 0.3) is 0 Å². The average molecular weight is 261 g/mol. The van der Waals surface area contributed by atoms with Crippen LogP contribution in [0.5, 0.6) is 5.75 Å². The van der Waals surface area contributed by atoms with E-state index in [4.69, 9.17) is 4.74 Å². The first-order chi connectivity index (χ1) is 9.26. The lowest BCUT2D eigenvalue weighted by molar-refractivity contribution is -0.173. The van der Waals surface area contributed by atoms with Crippen molar-refractivity contribution in [1.29, 1.82) is 0 Å². The van der Waals surface area contributed by atoms with Gasteiger partial charge < -0.3 is 15.2 Å². The molecule has 3 heteroatoms. The largest absolute Gasteiger partial charge is 0.508 e. The Morgan fingerprint density at radius 3 is 2.79 bits per heavy atom. The van der Waals surface area contributed by atoms with Gasteiger partial charge in [-0.3, -0.25) is 0 Å². The molecule has 0 radical (unpaired) electrons. The Balaban J connectivity index is 1.58. The monoisotopic (exact) mass is 261 g/mol. The summed E-state index contributed by atoms with van der Waals surface area (Å²) in [6.07, 6.45) is 5.47. The van der Waals surface area contributed by atoms with Crippen molar-refractivity contribution in [2.75, 3.05) is 6.61 Å². The highest BCUT2D eigenvalue weighted by atomic mass is 16.5. The van der Waals surface area contributed by atoms with Crippen LogP contribution in [0.3, 0.4) is 0 Å². The first-order valence-corrected chi connectivity index (χ1v) is 7.38. The van der Waals surface area contributed by atoms with E-state index in [9.17, 15) is 5.11 Å². The summed E-state index contributed by atoms with van der Waals surface area (Å²) in [6, 6.07) is 8.12. The molecule has 3 nitrogen and oxygen atoms in total. The maximum Gasteiger partial charge on any atom is 0.120 e. The molecule has 2 aliphatic carbocycles. The molecule has 2 atom stereocenters. The Kier molecular flexibility index (Phi) is 3.50. The third kappa shape index (κ3) is 2.15. The molecule has 2 fully saturated rings. The number of ether oxygens (including phenoxy) is 1. The highest BCUT2D eigenvalue weighted by Crippen LogP contribution is 2.57. The lowest BCUT2D eigenvalue weighted by Crippen LogP contribution is -2.66. The Hall–Kier alpha value is -1.06. The third-order valence-corrected chi connectivity index (χ3v) is 4.97. The summed E-state index contributed by atoms with van der Waals surface area (Å²) >= 11 is 0. The molecule has 2 saturated carbocycles. The van der Waals surface area contributed by atoms with E-state index in [2.05, 4.69) is 12.2 Å². The van der Waals surface area contributed by atoms with Crippen LogP contribution in [0.2, 0.25) is 0 Å². The van der Waals surface area contributed by atoms with Gasteiger partial charge in [0.1, 0.15) is 5.75 Å². The van der Waals surface area contributed by atoms with Crippen LogP contribution in [0, 0.1) is 5.41 Å². The normalized spacial score (nSPS) is 27.8. The molecule has 0 bridgehead atoms. The Morgan fingerprint density at radius 1 is 1.37 bits per heavy atom. The zero-order valence-electron chi connectivity index (χ0n) is 11.6. The summed E-state index contributed by atoms with van der Waals surface area (Å²) < 4.78 is 5.85. The van der Waals surface area contributed by atoms with Crippen molar-refractivity contribution < 1.29 is 9.84 Å². The Morgan fingerprint density at radius 2 is 2.16 bits per heavy atom. The van der Waals surface area contributed by atoms with Gasteiger partial charge in [-0.1, -0.05) is 24.6 Å². The topological polar surface area (TPSA) is 41.5 Å². The summed E-state index contributed by atoms with van der Waals surface area (Å²) in [6.45, 7) is 3.64. The van der Waals surface area contributed by atoms with Crippen molar-refractivity contribution in [2.45, 2.75) is 51.3 Å². The molecule has 0 aliphatic heterocycles. The second-order valence-corrected chi connectivity index (χ2v) is 5.83. The first-order valence-electron chi connectivity index (χ1n) is 7.38. The molecule has 0 saturated heterocycles. The summed E-state index contributed by atoms with van der Waals surface area (Å²) in [5.41, 5.74) is 1.37. The van der Waals surface area contributed by atoms with Crippen LogP contribution < -0.4 is 5.32 Å². The second-order valence-electron chi connectivity index (χ2n) is 5.83. The number of para-hydroxylation sites is 1. The number of benzene rings is 1. The van der Waals surface area contributed by atoms with Crippen molar-refractivity contribution in [1.82, 2.24) is 5.32 Å². The van der Waals surface area contributed by atoms with Crippen LogP contribution in [0.4, 0.5) is 0 Å². The maximum absolute atomic E-state index is 9.79. The summed E-state index contributed by atoms with van der Waals surface area (Å²) in [7, 11) is 0. The maximum atomic E-state index is 9.79. The molecule has 104 valence electrons. The van der Waals surface area contributed by atoms with Crippen molar-refractivity contribution in [2.24, 2.45) is 5.41 Å². The summed E-state index contributed by atoms with van der Waals surface area (Å²) in [5, 5.41) is 13.4. The Labute approximate surface area is 115 Å². The lowest BCUT2D eigenvalue weighted by Gasteiger charge is -2.61. The highest BCUT2D eigenvalue weighted by molar-refractivity contribution is 5.31. The fraction of sp³-hybridized carbons (Fsp3) is 0.625. The standard InChI is InChI=1S/C16H23NO2/c1-2-19-15-10-14(16(15)8-5-9-16)17-11-12-6-3-4-7-13(12)18/h3-4,6-7,14-15,17-18H,2,5,8-11H2,1H3. The van der Waals surface area contributed by atoms with Crippen LogP contribution in [-0.4, -0.2) is 23.9 Å². The van der Waals surface area contributed by atoms with Crippen LogP contribution in [0.15, 0.2) is 24.3 Å². The van der Waals surface area contributed by atoms with Gasteiger partial charge in [-0.25, -0.2) is 0 Å². The van der Waals surface area contributed by atoms with Gasteiger partial charge in [-0.2, -0.15) is 0 Å². The number of rotatable bonds is 5. The molecule has 0 heterocycles. The summed E-state index contributed by atoms with van der Waals surface area (Å²) in [4.78, 5) is 0. The van der Waals surface area contributed by atoms with Crippen LogP contribution in [-0.2, 0) is 11.3 Å². The number of nitrogens with one attached hydrogen (secondary N) is 1. The van der Waals surface area contributed by atoms with E-state index in [1.165, 1.54) is 19.3 Å². The molecule has 19 heavy (non-hydrogen) atoms. The lowest BCUT2D eigenvalue weighted by atomic mass is 9.51. The molecule has 1 spiro atoms. The molecular formula is C16H23NO2. The minimum atomic E-state index is 0.387. The predicted octanol–water partition coefficient (Wildman–Crippen LogP) is 2.83. The van der Waals surface area contributed by atoms with E-state index in [0.717, 1.165) is 25.1 Å². The molecule has 2 N–H and O–H groups in total. The average Bonchev–Trinajstić information content (AvgIpc) is 2.32. The number of aromatic hydroxyl groups is 1. The van der Waals surface area contributed by atoms with Crippen molar-refractivity contribution in [3.63, 3.8) is 0 Å². The highest BCUT2D eigenvalue weighted by Gasteiger charge is 2.58. The summed E-state index contributed by atoms with van der Waals surface area (Å²) in [5.74, 6) is 0.387.